The van der Waals surface area contributed by atoms with Crippen LogP contribution in [-0.2, 0) is 4.74 Å². The summed E-state index contributed by atoms with van der Waals surface area (Å²) in [5, 5.41) is 16.0. The topological polar surface area (TPSA) is 94.1 Å². The van der Waals surface area contributed by atoms with Gasteiger partial charge in [-0.2, -0.15) is 0 Å². The fraction of sp³-hybridized carbons (Fsp3) is 0.733. The van der Waals surface area contributed by atoms with Crippen LogP contribution in [0.25, 0.3) is 0 Å². The molecule has 1 aromatic carbocycles. The Bertz CT molecular complexity index is 562. The Morgan fingerprint density at radius 1 is 1.17 bits per heavy atom. The highest BCUT2D eigenvalue weighted by atomic mass is 16.5. The number of anilines is 2. The number of likely N-dealkylation sites (N-methyl/N-ethyl adjacent to an activating group) is 1. The molecule has 0 spiro atoms. The van der Waals surface area contributed by atoms with Crippen LogP contribution < -0.4 is 21.5 Å². The quantitative estimate of drug-likeness (QED) is 0.465. The number of rotatable bonds is 9. The van der Waals surface area contributed by atoms with E-state index in [9.17, 15) is 14.7 Å². The van der Waals surface area contributed by atoms with Gasteiger partial charge in [-0.15, -0.1) is 0 Å². The van der Waals surface area contributed by atoms with Crippen molar-refractivity contribution in [2.24, 2.45) is 0 Å². The average Bonchev–Trinajstić information content (AvgIpc) is 2.53. The molecular formula is C15H26N4O4. The molecule has 0 aliphatic carbocycles. The standard InChI is InChI=1S/C15H26N4O4/c1-18(2)4-3-16-12-13(15(22)14(12)21)17-9-11(20)10-19-5-7-23-8-6-19/h11,16-17,20H,3-10H2,1-2H3. The summed E-state index contributed by atoms with van der Waals surface area (Å²) >= 11 is 0. The maximum atomic E-state index is 11.6. The second kappa shape index (κ2) is 8.39. The Balaban J connectivity index is 1.79. The van der Waals surface area contributed by atoms with Crippen molar-refractivity contribution in [1.29, 1.82) is 0 Å². The number of nitrogens with one attached hydrogen (secondary N) is 2. The van der Waals surface area contributed by atoms with Gasteiger partial charge in [-0.25, -0.2) is 0 Å². The van der Waals surface area contributed by atoms with E-state index in [1.54, 1.807) is 0 Å². The minimum absolute atomic E-state index is 0.241. The number of β-amino-alcohol motifs (C(OH)–C–C–N with tert-alkyl or cyclic N) is 1. The smallest absolute Gasteiger partial charge is 0.253 e. The summed E-state index contributed by atoms with van der Waals surface area (Å²) in [7, 11) is 3.87. The highest BCUT2D eigenvalue weighted by Crippen LogP contribution is 2.14. The minimum Gasteiger partial charge on any atom is -0.390 e. The van der Waals surface area contributed by atoms with E-state index in [0.717, 1.165) is 19.6 Å². The van der Waals surface area contributed by atoms with E-state index in [4.69, 9.17) is 4.74 Å². The van der Waals surface area contributed by atoms with E-state index >= 15 is 0 Å². The van der Waals surface area contributed by atoms with Gasteiger partial charge in [0.1, 0.15) is 11.4 Å². The van der Waals surface area contributed by atoms with E-state index < -0.39 is 17.0 Å². The van der Waals surface area contributed by atoms with Gasteiger partial charge in [-0.3, -0.25) is 14.5 Å². The Labute approximate surface area is 135 Å². The van der Waals surface area contributed by atoms with Crippen molar-refractivity contribution in [2.75, 3.05) is 77.2 Å². The summed E-state index contributed by atoms with van der Waals surface area (Å²) < 4.78 is 5.26. The number of hydrogen-bond donors (Lipinski definition) is 3. The SMILES string of the molecule is CN(C)CCNc1c(NCC(O)CN2CCOCC2)c(=O)c1=O. The molecule has 0 radical (unpaired) electrons. The van der Waals surface area contributed by atoms with E-state index in [-0.39, 0.29) is 12.2 Å². The minimum atomic E-state index is -0.605. The van der Waals surface area contributed by atoms with Crippen molar-refractivity contribution in [1.82, 2.24) is 9.80 Å². The molecule has 0 amide bonds. The van der Waals surface area contributed by atoms with E-state index in [1.807, 2.05) is 19.0 Å². The maximum absolute atomic E-state index is 11.6. The molecule has 8 nitrogen and oxygen atoms in total. The van der Waals surface area contributed by atoms with Gasteiger partial charge in [0.2, 0.25) is 0 Å². The van der Waals surface area contributed by atoms with Crippen LogP contribution in [0.3, 0.4) is 0 Å². The summed E-state index contributed by atoms with van der Waals surface area (Å²) in [6.45, 7) is 5.07. The van der Waals surface area contributed by atoms with Crippen molar-refractivity contribution in [3.63, 3.8) is 0 Å². The summed E-state index contributed by atoms with van der Waals surface area (Å²) in [4.78, 5) is 27.3. The summed E-state index contributed by atoms with van der Waals surface area (Å²) in [5.41, 5.74) is -0.393. The lowest BCUT2D eigenvalue weighted by Crippen LogP contribution is -2.44. The van der Waals surface area contributed by atoms with Gasteiger partial charge in [0, 0.05) is 39.3 Å². The van der Waals surface area contributed by atoms with Gasteiger partial charge in [0.05, 0.1) is 19.3 Å². The Hall–Kier alpha value is -1.48. The molecule has 23 heavy (non-hydrogen) atoms. The van der Waals surface area contributed by atoms with Gasteiger partial charge in [-0.05, 0) is 14.1 Å². The molecule has 1 atom stereocenters. The van der Waals surface area contributed by atoms with Crippen LogP contribution in [-0.4, -0.2) is 87.6 Å². The van der Waals surface area contributed by atoms with Crippen molar-refractivity contribution in [3.05, 3.63) is 20.4 Å². The number of aliphatic hydroxyl groups excluding tert-OH is 1. The molecule has 1 unspecified atom stereocenters. The number of nitrogens with zero attached hydrogens (tertiary/aromatic N) is 2. The zero-order chi connectivity index (χ0) is 16.8. The van der Waals surface area contributed by atoms with Crippen molar-refractivity contribution >= 4 is 11.4 Å². The monoisotopic (exact) mass is 326 g/mol. The fourth-order valence-electron chi connectivity index (χ4n) is 2.50. The van der Waals surface area contributed by atoms with Crippen LogP contribution >= 0.6 is 0 Å². The largest absolute Gasteiger partial charge is 0.390 e. The van der Waals surface area contributed by atoms with E-state index in [1.165, 1.54) is 0 Å². The average molecular weight is 326 g/mol. The Morgan fingerprint density at radius 3 is 2.39 bits per heavy atom. The van der Waals surface area contributed by atoms with Crippen LogP contribution in [0.1, 0.15) is 0 Å². The first-order chi connectivity index (χ1) is 11.0. The molecule has 1 aliphatic rings. The van der Waals surface area contributed by atoms with Crippen LogP contribution in [0, 0.1) is 0 Å². The molecule has 1 heterocycles. The van der Waals surface area contributed by atoms with Crippen LogP contribution in [0.2, 0.25) is 0 Å². The first-order valence-corrected chi connectivity index (χ1v) is 7.93. The summed E-state index contributed by atoms with van der Waals surface area (Å²) in [6, 6.07) is 0. The molecule has 1 saturated heterocycles. The van der Waals surface area contributed by atoms with Crippen molar-refractivity contribution in [2.45, 2.75) is 6.10 Å². The highest BCUT2D eigenvalue weighted by molar-refractivity contribution is 5.73. The molecule has 1 aromatic rings. The number of ether oxygens (including phenoxy) is 1. The third kappa shape index (κ3) is 5.00. The van der Waals surface area contributed by atoms with Gasteiger partial charge in [0.25, 0.3) is 10.9 Å². The van der Waals surface area contributed by atoms with Gasteiger partial charge in [-0.1, -0.05) is 0 Å². The third-order valence-electron chi connectivity index (χ3n) is 3.86. The van der Waals surface area contributed by atoms with Gasteiger partial charge < -0.3 is 25.4 Å². The van der Waals surface area contributed by atoms with Gasteiger partial charge >= 0.3 is 0 Å². The molecule has 2 rings (SSSR count). The summed E-state index contributed by atoms with van der Waals surface area (Å²) in [5.74, 6) is 0. The van der Waals surface area contributed by atoms with Crippen LogP contribution in [0.5, 0.6) is 0 Å². The molecule has 0 aromatic heterocycles. The van der Waals surface area contributed by atoms with Crippen molar-refractivity contribution < 1.29 is 9.84 Å². The summed E-state index contributed by atoms with van der Waals surface area (Å²) in [6.07, 6.45) is -0.605. The van der Waals surface area contributed by atoms with Crippen LogP contribution in [0.15, 0.2) is 9.59 Å². The number of aliphatic hydroxyl groups is 1. The predicted molar refractivity (Wildman–Crippen MR) is 90.2 cm³/mol. The van der Waals surface area contributed by atoms with Gasteiger partial charge in [0.15, 0.2) is 0 Å². The molecule has 8 heteroatoms. The normalized spacial score (nSPS) is 17.6. The van der Waals surface area contributed by atoms with Crippen LogP contribution in [0.4, 0.5) is 11.4 Å². The Morgan fingerprint density at radius 2 is 1.78 bits per heavy atom. The number of hydrogen-bond acceptors (Lipinski definition) is 8. The first-order valence-electron chi connectivity index (χ1n) is 7.93. The molecule has 130 valence electrons. The Kier molecular flexibility index (Phi) is 6.52. The zero-order valence-corrected chi connectivity index (χ0v) is 13.8. The first kappa shape index (κ1) is 17.9. The lowest BCUT2D eigenvalue weighted by molar-refractivity contribution is 0.0171. The van der Waals surface area contributed by atoms with Crippen molar-refractivity contribution in [3.8, 4) is 0 Å². The molecule has 0 bridgehead atoms. The highest BCUT2D eigenvalue weighted by Gasteiger charge is 2.22. The second-order valence-electron chi connectivity index (χ2n) is 6.09. The fourth-order valence-corrected chi connectivity index (χ4v) is 2.50. The molecule has 1 aliphatic heterocycles. The lowest BCUT2D eigenvalue weighted by atomic mass is 10.1. The predicted octanol–water partition coefficient (Wildman–Crippen LogP) is -1.64. The maximum Gasteiger partial charge on any atom is 0.253 e. The third-order valence-corrected chi connectivity index (χ3v) is 3.86. The molecule has 0 saturated carbocycles. The molecule has 3 N–H and O–H groups in total. The van der Waals surface area contributed by atoms with E-state index in [2.05, 4.69) is 15.5 Å². The molecule has 1 fully saturated rings. The zero-order valence-electron chi connectivity index (χ0n) is 13.8. The lowest BCUT2D eigenvalue weighted by Gasteiger charge is -2.28. The number of morpholine rings is 1. The van der Waals surface area contributed by atoms with E-state index in [0.29, 0.717) is 32.0 Å². The molecular weight excluding hydrogens is 300 g/mol. The second-order valence-corrected chi connectivity index (χ2v) is 6.09.